The van der Waals surface area contributed by atoms with Gasteiger partial charge in [-0.05, 0) is 25.2 Å². The fourth-order valence-corrected chi connectivity index (χ4v) is 4.56. The minimum atomic E-state index is -3.40. The summed E-state index contributed by atoms with van der Waals surface area (Å²) in [5, 5.41) is 1.15. The molecule has 1 atom stereocenters. The van der Waals surface area contributed by atoms with Crippen LogP contribution in [-0.4, -0.2) is 41.1 Å². The summed E-state index contributed by atoms with van der Waals surface area (Å²) < 4.78 is 26.6. The number of hydrogen-bond acceptors (Lipinski definition) is 3. The molecule has 108 valence electrons. The number of imidazole rings is 1. The topological polar surface area (TPSA) is 66.1 Å². The van der Waals surface area contributed by atoms with E-state index in [1.807, 2.05) is 6.92 Å². The van der Waals surface area contributed by atoms with Gasteiger partial charge in [-0.3, -0.25) is 0 Å². The minimum absolute atomic E-state index is 0.226. The van der Waals surface area contributed by atoms with Gasteiger partial charge >= 0.3 is 0 Å². The highest BCUT2D eigenvalue weighted by atomic mass is 79.9. The van der Waals surface area contributed by atoms with Crippen LogP contribution in [0.25, 0.3) is 0 Å². The Morgan fingerprint density at radius 3 is 3.00 bits per heavy atom. The lowest BCUT2D eigenvalue weighted by molar-refractivity contribution is 0.262. The Kier molecular flexibility index (Phi) is 5.03. The number of halogens is 1. The van der Waals surface area contributed by atoms with Crippen molar-refractivity contribution in [2.45, 2.75) is 37.6 Å². The van der Waals surface area contributed by atoms with Crippen LogP contribution in [0.2, 0.25) is 0 Å². The zero-order valence-corrected chi connectivity index (χ0v) is 13.5. The highest BCUT2D eigenvalue weighted by Gasteiger charge is 2.31. The van der Waals surface area contributed by atoms with E-state index in [1.54, 1.807) is 4.31 Å². The van der Waals surface area contributed by atoms with E-state index in [0.29, 0.717) is 31.3 Å². The molecule has 0 aromatic carbocycles. The Balaban J connectivity index is 2.14. The molecule has 0 aliphatic carbocycles. The number of sulfonamides is 1. The molecular formula is C12H20BrN3O2S. The van der Waals surface area contributed by atoms with Crippen molar-refractivity contribution in [3.05, 3.63) is 12.0 Å². The number of aromatic amines is 1. The molecule has 0 spiro atoms. The molecule has 1 aromatic heterocycles. The summed E-state index contributed by atoms with van der Waals surface area (Å²) in [4.78, 5) is 6.98. The van der Waals surface area contributed by atoms with E-state index in [9.17, 15) is 8.42 Å². The van der Waals surface area contributed by atoms with Crippen LogP contribution >= 0.6 is 15.9 Å². The van der Waals surface area contributed by atoms with Gasteiger partial charge in [-0.1, -0.05) is 22.9 Å². The number of rotatable bonds is 5. The lowest BCUT2D eigenvalue weighted by atomic mass is 9.97. The highest BCUT2D eigenvalue weighted by molar-refractivity contribution is 9.09. The first-order chi connectivity index (χ1) is 9.07. The zero-order chi connectivity index (χ0) is 13.9. The van der Waals surface area contributed by atoms with Crippen molar-refractivity contribution in [2.24, 2.45) is 5.92 Å². The number of nitrogens with zero attached hydrogens (tertiary/aromatic N) is 2. The Morgan fingerprint density at radius 1 is 1.58 bits per heavy atom. The molecule has 1 aliphatic rings. The van der Waals surface area contributed by atoms with Crippen molar-refractivity contribution in [1.82, 2.24) is 14.3 Å². The number of alkyl halides is 1. The van der Waals surface area contributed by atoms with Gasteiger partial charge in [0.25, 0.3) is 10.0 Å². The first-order valence-corrected chi connectivity index (χ1v) is 9.24. The SMILES string of the molecule is CCc1ncc(S(=O)(=O)N2CCCC(CCBr)C2)[nH]1. The second kappa shape index (κ2) is 6.37. The standard InChI is InChI=1S/C12H20BrN3O2S/c1-2-11-14-8-12(15-11)19(17,18)16-7-3-4-10(9-16)5-6-13/h8,10H,2-7,9H2,1H3,(H,14,15). The van der Waals surface area contributed by atoms with Crippen molar-refractivity contribution in [3.8, 4) is 0 Å². The number of hydrogen-bond donors (Lipinski definition) is 1. The number of nitrogens with one attached hydrogen (secondary N) is 1. The normalized spacial score (nSPS) is 21.7. The van der Waals surface area contributed by atoms with Crippen molar-refractivity contribution >= 4 is 26.0 Å². The maximum Gasteiger partial charge on any atom is 0.260 e. The summed E-state index contributed by atoms with van der Waals surface area (Å²) in [5.74, 6) is 1.17. The van der Waals surface area contributed by atoms with Gasteiger partial charge in [-0.15, -0.1) is 0 Å². The molecule has 1 fully saturated rings. The molecule has 5 nitrogen and oxygen atoms in total. The molecule has 1 unspecified atom stereocenters. The van der Waals surface area contributed by atoms with Gasteiger partial charge in [0, 0.05) is 24.8 Å². The second-order valence-electron chi connectivity index (χ2n) is 4.90. The molecule has 0 saturated carbocycles. The van der Waals surface area contributed by atoms with Crippen LogP contribution in [0, 0.1) is 5.92 Å². The first-order valence-electron chi connectivity index (χ1n) is 6.68. The van der Waals surface area contributed by atoms with Crippen LogP contribution in [0.4, 0.5) is 0 Å². The largest absolute Gasteiger partial charge is 0.332 e. The summed E-state index contributed by atoms with van der Waals surface area (Å²) in [5.41, 5.74) is 0. The third kappa shape index (κ3) is 3.38. The predicted octanol–water partition coefficient (Wildman–Crippen LogP) is 2.16. The molecule has 0 amide bonds. The number of piperidine rings is 1. The summed E-state index contributed by atoms with van der Waals surface area (Å²) in [6.45, 7) is 3.18. The molecule has 2 heterocycles. The maximum absolute atomic E-state index is 12.5. The van der Waals surface area contributed by atoms with Crippen molar-refractivity contribution in [3.63, 3.8) is 0 Å². The Morgan fingerprint density at radius 2 is 2.37 bits per heavy atom. The quantitative estimate of drug-likeness (QED) is 0.828. The van der Waals surface area contributed by atoms with Crippen LogP contribution < -0.4 is 0 Å². The van der Waals surface area contributed by atoms with E-state index in [4.69, 9.17) is 0 Å². The third-order valence-corrected chi connectivity index (χ3v) is 5.79. The zero-order valence-electron chi connectivity index (χ0n) is 11.1. The molecule has 1 aromatic rings. The second-order valence-corrected chi connectivity index (χ2v) is 7.60. The fourth-order valence-electron chi connectivity index (χ4n) is 2.43. The van der Waals surface area contributed by atoms with Crippen LogP contribution in [0.3, 0.4) is 0 Å². The van der Waals surface area contributed by atoms with E-state index >= 15 is 0 Å². The predicted molar refractivity (Wildman–Crippen MR) is 77.9 cm³/mol. The average Bonchev–Trinajstić information content (AvgIpc) is 2.89. The Hall–Kier alpha value is -0.400. The molecule has 7 heteroatoms. The Labute approximate surface area is 123 Å². The van der Waals surface area contributed by atoms with E-state index < -0.39 is 10.0 Å². The minimum Gasteiger partial charge on any atom is -0.332 e. The van der Waals surface area contributed by atoms with E-state index in [1.165, 1.54) is 6.20 Å². The third-order valence-electron chi connectivity index (χ3n) is 3.56. The van der Waals surface area contributed by atoms with Gasteiger partial charge in [0.1, 0.15) is 5.82 Å². The van der Waals surface area contributed by atoms with Crippen LogP contribution in [0.1, 0.15) is 32.0 Å². The smallest absolute Gasteiger partial charge is 0.260 e. The fraction of sp³-hybridized carbons (Fsp3) is 0.750. The molecular weight excluding hydrogens is 330 g/mol. The van der Waals surface area contributed by atoms with Gasteiger partial charge in [-0.2, -0.15) is 4.31 Å². The summed E-state index contributed by atoms with van der Waals surface area (Å²) >= 11 is 3.43. The summed E-state index contributed by atoms with van der Waals surface area (Å²) in [6, 6.07) is 0. The summed E-state index contributed by atoms with van der Waals surface area (Å²) in [6.07, 6.45) is 5.21. The number of aryl methyl sites for hydroxylation is 1. The van der Waals surface area contributed by atoms with Crippen LogP contribution in [0.15, 0.2) is 11.2 Å². The van der Waals surface area contributed by atoms with Crippen molar-refractivity contribution in [2.75, 3.05) is 18.4 Å². The molecule has 1 N–H and O–H groups in total. The number of H-pyrrole nitrogens is 1. The van der Waals surface area contributed by atoms with E-state index in [2.05, 4.69) is 25.9 Å². The molecule has 1 aliphatic heterocycles. The van der Waals surface area contributed by atoms with Crippen LogP contribution in [-0.2, 0) is 16.4 Å². The van der Waals surface area contributed by atoms with E-state index in [0.717, 1.165) is 24.6 Å². The average molecular weight is 350 g/mol. The van der Waals surface area contributed by atoms with Crippen molar-refractivity contribution in [1.29, 1.82) is 0 Å². The van der Waals surface area contributed by atoms with Gasteiger partial charge in [0.05, 0.1) is 6.20 Å². The molecule has 0 bridgehead atoms. The lowest BCUT2D eigenvalue weighted by Gasteiger charge is -2.31. The summed E-state index contributed by atoms with van der Waals surface area (Å²) in [7, 11) is -3.40. The number of aromatic nitrogens is 2. The monoisotopic (exact) mass is 349 g/mol. The van der Waals surface area contributed by atoms with Gasteiger partial charge < -0.3 is 4.98 Å². The highest BCUT2D eigenvalue weighted by Crippen LogP contribution is 2.25. The molecule has 0 radical (unpaired) electrons. The molecule has 1 saturated heterocycles. The van der Waals surface area contributed by atoms with Gasteiger partial charge in [0.15, 0.2) is 5.03 Å². The lowest BCUT2D eigenvalue weighted by Crippen LogP contribution is -2.40. The van der Waals surface area contributed by atoms with Gasteiger partial charge in [-0.25, -0.2) is 13.4 Å². The van der Waals surface area contributed by atoms with E-state index in [-0.39, 0.29) is 5.03 Å². The van der Waals surface area contributed by atoms with Gasteiger partial charge in [0.2, 0.25) is 0 Å². The first kappa shape index (κ1) is 15.0. The molecule has 19 heavy (non-hydrogen) atoms. The maximum atomic E-state index is 12.5. The van der Waals surface area contributed by atoms with Crippen molar-refractivity contribution < 1.29 is 8.42 Å². The van der Waals surface area contributed by atoms with Crippen LogP contribution in [0.5, 0.6) is 0 Å². The Bertz CT molecular complexity index is 513. The molecule has 2 rings (SSSR count).